The summed E-state index contributed by atoms with van der Waals surface area (Å²) in [6.45, 7) is 1.93. The van der Waals surface area contributed by atoms with Crippen LogP contribution in [0.25, 0.3) is 22.0 Å². The van der Waals surface area contributed by atoms with Crippen LogP contribution in [0.4, 0.5) is 13.2 Å². The first kappa shape index (κ1) is 17.2. The molecule has 130 valence electrons. The van der Waals surface area contributed by atoms with Gasteiger partial charge in [0.2, 0.25) is 0 Å². The van der Waals surface area contributed by atoms with Crippen molar-refractivity contribution in [2.75, 3.05) is 0 Å². The summed E-state index contributed by atoms with van der Waals surface area (Å²) < 4.78 is 64.5. The molecule has 1 heterocycles. The Labute approximate surface area is 142 Å². The molecule has 3 rings (SSSR count). The molecule has 0 bridgehead atoms. The lowest BCUT2D eigenvalue weighted by Crippen LogP contribution is -2.28. The first-order valence-corrected chi connectivity index (χ1v) is 8.55. The minimum atomic E-state index is -5.77. The Morgan fingerprint density at radius 1 is 1.00 bits per heavy atom. The number of benzene rings is 2. The molecule has 1 aromatic heterocycles. The summed E-state index contributed by atoms with van der Waals surface area (Å²) in [4.78, 5) is 3.99. The van der Waals surface area contributed by atoms with Crippen LogP contribution in [0.5, 0.6) is 5.75 Å². The Kier molecular flexibility index (Phi) is 4.16. The van der Waals surface area contributed by atoms with Gasteiger partial charge in [0.25, 0.3) is 0 Å². The Morgan fingerprint density at radius 2 is 1.68 bits per heavy atom. The molecule has 0 amide bonds. The van der Waals surface area contributed by atoms with Crippen LogP contribution in [0.2, 0.25) is 0 Å². The van der Waals surface area contributed by atoms with Crippen molar-refractivity contribution >= 4 is 21.0 Å². The number of hydrogen-bond acceptors (Lipinski definition) is 4. The summed E-state index contributed by atoms with van der Waals surface area (Å²) >= 11 is 0. The van der Waals surface area contributed by atoms with E-state index >= 15 is 0 Å². The van der Waals surface area contributed by atoms with Gasteiger partial charge in [0, 0.05) is 11.6 Å². The molecule has 0 atom stereocenters. The van der Waals surface area contributed by atoms with E-state index in [2.05, 4.69) is 9.17 Å². The first-order chi connectivity index (χ1) is 11.7. The Morgan fingerprint density at radius 3 is 2.32 bits per heavy atom. The molecule has 0 saturated carbocycles. The van der Waals surface area contributed by atoms with E-state index in [4.69, 9.17) is 0 Å². The van der Waals surface area contributed by atoms with Crippen molar-refractivity contribution in [1.82, 2.24) is 4.98 Å². The maximum atomic E-state index is 12.6. The van der Waals surface area contributed by atoms with Crippen LogP contribution in [0, 0.1) is 6.92 Å². The lowest BCUT2D eigenvalue weighted by Gasteiger charge is -2.13. The number of hydrogen-bond donors (Lipinski definition) is 0. The molecule has 0 spiro atoms. The van der Waals surface area contributed by atoms with Crippen molar-refractivity contribution in [3.8, 4) is 16.9 Å². The number of halogens is 3. The van der Waals surface area contributed by atoms with Gasteiger partial charge in [0.1, 0.15) is 5.52 Å². The zero-order valence-corrected chi connectivity index (χ0v) is 13.7. The van der Waals surface area contributed by atoms with E-state index in [1.165, 1.54) is 18.3 Å². The third-order valence-corrected chi connectivity index (χ3v) is 4.54. The average Bonchev–Trinajstić information content (AvgIpc) is 2.55. The molecule has 0 N–H and O–H groups in total. The quantitative estimate of drug-likeness (QED) is 0.507. The maximum absolute atomic E-state index is 12.6. The van der Waals surface area contributed by atoms with Crippen LogP contribution in [0.15, 0.2) is 54.7 Å². The molecular weight excluding hydrogens is 355 g/mol. The van der Waals surface area contributed by atoms with Crippen molar-refractivity contribution in [3.63, 3.8) is 0 Å². The van der Waals surface area contributed by atoms with E-state index in [0.29, 0.717) is 10.9 Å². The minimum Gasteiger partial charge on any atom is -0.374 e. The van der Waals surface area contributed by atoms with E-state index in [9.17, 15) is 21.6 Å². The number of pyridine rings is 1. The summed E-state index contributed by atoms with van der Waals surface area (Å²) in [5, 5.41) is 0.487. The van der Waals surface area contributed by atoms with Gasteiger partial charge in [-0.3, -0.25) is 4.98 Å². The van der Waals surface area contributed by atoms with Gasteiger partial charge >= 0.3 is 15.6 Å². The van der Waals surface area contributed by atoms with Crippen LogP contribution in [0.1, 0.15) is 5.56 Å². The molecule has 0 aliphatic rings. The van der Waals surface area contributed by atoms with Crippen molar-refractivity contribution in [1.29, 1.82) is 0 Å². The lowest BCUT2D eigenvalue weighted by molar-refractivity contribution is -0.0499. The van der Waals surface area contributed by atoms with Crippen LogP contribution in [0.3, 0.4) is 0 Å². The monoisotopic (exact) mass is 367 g/mol. The Bertz CT molecular complexity index is 1030. The highest BCUT2D eigenvalue weighted by atomic mass is 32.2. The smallest absolute Gasteiger partial charge is 0.374 e. The molecule has 3 aromatic rings. The third-order valence-electron chi connectivity index (χ3n) is 3.58. The van der Waals surface area contributed by atoms with E-state index in [0.717, 1.165) is 11.1 Å². The fourth-order valence-corrected chi connectivity index (χ4v) is 2.83. The summed E-state index contributed by atoms with van der Waals surface area (Å²) in [6, 6.07) is 13.5. The van der Waals surface area contributed by atoms with Crippen molar-refractivity contribution in [3.05, 3.63) is 60.3 Å². The first-order valence-electron chi connectivity index (χ1n) is 7.14. The molecular formula is C17H12F3NO3S. The van der Waals surface area contributed by atoms with Gasteiger partial charge in [-0.2, -0.15) is 21.6 Å². The molecule has 0 saturated heterocycles. The number of alkyl halides is 3. The molecule has 0 radical (unpaired) electrons. The van der Waals surface area contributed by atoms with Crippen molar-refractivity contribution < 1.29 is 25.8 Å². The van der Waals surface area contributed by atoms with Gasteiger partial charge in [0.15, 0.2) is 5.75 Å². The normalized spacial score (nSPS) is 12.3. The predicted octanol–water partition coefficient (Wildman–Crippen LogP) is 4.44. The summed E-state index contributed by atoms with van der Waals surface area (Å²) in [6.07, 6.45) is 1.36. The molecule has 2 aromatic carbocycles. The van der Waals surface area contributed by atoms with Crippen LogP contribution in [-0.4, -0.2) is 18.9 Å². The van der Waals surface area contributed by atoms with Gasteiger partial charge in [-0.15, -0.1) is 0 Å². The second kappa shape index (κ2) is 6.03. The topological polar surface area (TPSA) is 56.3 Å². The maximum Gasteiger partial charge on any atom is 0.534 e. The molecule has 0 fully saturated rings. The van der Waals surface area contributed by atoms with E-state index < -0.39 is 21.4 Å². The van der Waals surface area contributed by atoms with Crippen molar-refractivity contribution in [2.45, 2.75) is 12.4 Å². The predicted molar refractivity (Wildman–Crippen MR) is 87.5 cm³/mol. The number of aryl methyl sites for hydroxylation is 1. The number of aromatic nitrogens is 1. The molecule has 4 nitrogen and oxygen atoms in total. The number of fused-ring (bicyclic) bond motifs is 1. The number of rotatable bonds is 3. The minimum absolute atomic E-state index is 0.0356. The molecule has 0 aliphatic carbocycles. The molecule has 25 heavy (non-hydrogen) atoms. The highest BCUT2D eigenvalue weighted by Gasteiger charge is 2.48. The summed E-state index contributed by atoms with van der Waals surface area (Å²) in [5.41, 5.74) is -2.88. The Hall–Kier alpha value is -2.61. The molecule has 8 heteroatoms. The van der Waals surface area contributed by atoms with Crippen molar-refractivity contribution in [2.24, 2.45) is 0 Å². The van der Waals surface area contributed by atoms with E-state index in [-0.39, 0.29) is 5.52 Å². The van der Waals surface area contributed by atoms with Gasteiger partial charge < -0.3 is 4.18 Å². The van der Waals surface area contributed by atoms with Gasteiger partial charge in [0.05, 0.1) is 0 Å². The van der Waals surface area contributed by atoms with Crippen LogP contribution < -0.4 is 4.18 Å². The van der Waals surface area contributed by atoms with Gasteiger partial charge in [-0.1, -0.05) is 35.9 Å². The van der Waals surface area contributed by atoms with Crippen LogP contribution in [-0.2, 0) is 10.1 Å². The van der Waals surface area contributed by atoms with E-state index in [1.54, 1.807) is 12.1 Å². The van der Waals surface area contributed by atoms with Crippen LogP contribution >= 0.6 is 0 Å². The fraction of sp³-hybridized carbons (Fsp3) is 0.118. The fourth-order valence-electron chi connectivity index (χ4n) is 2.36. The SMILES string of the molecule is Cc1ccc(-c2ccc(OS(=O)(=O)C(F)(F)F)c3ncccc23)cc1. The van der Waals surface area contributed by atoms with Gasteiger partial charge in [-0.05, 0) is 36.2 Å². The standard InChI is InChI=1S/C17H12F3NO3S/c1-11-4-6-12(7-5-11)13-8-9-15(16-14(13)3-2-10-21-16)24-25(22,23)17(18,19)20/h2-10H,1H3. The second-order valence-corrected chi connectivity index (χ2v) is 6.90. The highest BCUT2D eigenvalue weighted by molar-refractivity contribution is 7.88. The lowest BCUT2D eigenvalue weighted by atomic mass is 9.99. The Balaban J connectivity index is 2.16. The average molecular weight is 367 g/mol. The second-order valence-electron chi connectivity index (χ2n) is 5.36. The third kappa shape index (κ3) is 3.30. The zero-order chi connectivity index (χ0) is 18.2. The van der Waals surface area contributed by atoms with E-state index in [1.807, 2.05) is 31.2 Å². The summed E-state index contributed by atoms with van der Waals surface area (Å²) in [5.74, 6) is -0.469. The highest BCUT2D eigenvalue weighted by Crippen LogP contribution is 2.35. The molecule has 0 unspecified atom stereocenters. The summed E-state index contributed by atoms with van der Waals surface area (Å²) in [7, 11) is -5.77. The number of nitrogens with zero attached hydrogens (tertiary/aromatic N) is 1. The molecule has 0 aliphatic heterocycles. The zero-order valence-electron chi connectivity index (χ0n) is 12.9. The van der Waals surface area contributed by atoms with Gasteiger partial charge in [-0.25, -0.2) is 0 Å². The largest absolute Gasteiger partial charge is 0.534 e.